The molecule has 5 rings (SSSR count). The van der Waals surface area contributed by atoms with Crippen molar-refractivity contribution >= 4 is 28.8 Å². The molecule has 0 spiro atoms. The lowest BCUT2D eigenvalue weighted by Crippen LogP contribution is -2.53. The summed E-state index contributed by atoms with van der Waals surface area (Å²) in [6.45, 7) is 7.92. The maximum Gasteiger partial charge on any atom is 0.307 e. The van der Waals surface area contributed by atoms with Crippen LogP contribution in [-0.4, -0.2) is 89.4 Å². The molecule has 0 N–H and O–H groups in total. The summed E-state index contributed by atoms with van der Waals surface area (Å²) >= 11 is 1.41. The Morgan fingerprint density at radius 2 is 1.44 bits per heavy atom. The molecule has 3 aromatic carbocycles. The second-order valence-corrected chi connectivity index (χ2v) is 12.9. The standard InChI is InChI=1S/C37H43N3O4S/c1-3-44-36(43)21-23-39-26-25-38(28-35(39)42)22-19-30-27-40(24-20-34(30)45-29(2)41)37(31-13-7-4-8-14-31,32-15-9-5-10-16-32)33-17-11-6-12-18-33/h4-19,34H,3,20-28H2,1-2H3. The number of carbonyl (C=O) groups excluding carboxylic acids is 3. The van der Waals surface area contributed by atoms with Crippen molar-refractivity contribution in [1.82, 2.24) is 14.7 Å². The van der Waals surface area contributed by atoms with E-state index in [1.807, 2.05) is 0 Å². The number of rotatable bonds is 11. The quantitative estimate of drug-likeness (QED) is 0.162. The Hall–Kier alpha value is -3.72. The highest BCUT2D eigenvalue weighted by Gasteiger charge is 2.44. The Balaban J connectivity index is 1.43. The molecule has 0 saturated carbocycles. The zero-order valence-corrected chi connectivity index (χ0v) is 27.1. The minimum absolute atomic E-state index is 0.0279. The van der Waals surface area contributed by atoms with Gasteiger partial charge >= 0.3 is 5.97 Å². The fourth-order valence-corrected chi connectivity index (χ4v) is 7.56. The summed E-state index contributed by atoms with van der Waals surface area (Å²) < 4.78 is 5.02. The number of carbonyl (C=O) groups is 3. The number of hydrogen-bond donors (Lipinski definition) is 0. The van der Waals surface area contributed by atoms with Gasteiger partial charge in [0.25, 0.3) is 0 Å². The van der Waals surface area contributed by atoms with E-state index in [-0.39, 0.29) is 28.7 Å². The van der Waals surface area contributed by atoms with Crippen LogP contribution in [0.5, 0.6) is 0 Å². The molecule has 7 nitrogen and oxygen atoms in total. The molecule has 8 heteroatoms. The lowest BCUT2D eigenvalue weighted by Gasteiger charge is -2.49. The van der Waals surface area contributed by atoms with E-state index in [1.165, 1.54) is 34.0 Å². The van der Waals surface area contributed by atoms with Crippen molar-refractivity contribution in [1.29, 1.82) is 0 Å². The van der Waals surface area contributed by atoms with Crippen LogP contribution in [0.15, 0.2) is 103 Å². The van der Waals surface area contributed by atoms with Crippen LogP contribution in [-0.2, 0) is 24.7 Å². The smallest absolute Gasteiger partial charge is 0.307 e. The Morgan fingerprint density at radius 1 is 0.867 bits per heavy atom. The highest BCUT2D eigenvalue weighted by Crippen LogP contribution is 2.45. The Kier molecular flexibility index (Phi) is 11.3. The lowest BCUT2D eigenvalue weighted by atomic mass is 9.74. The first-order valence-corrected chi connectivity index (χ1v) is 16.7. The van der Waals surface area contributed by atoms with E-state index in [0.29, 0.717) is 39.3 Å². The molecule has 45 heavy (non-hydrogen) atoms. The third-order valence-electron chi connectivity index (χ3n) is 8.71. The molecular formula is C37H43N3O4S. The average Bonchev–Trinajstić information content (AvgIpc) is 3.06. The van der Waals surface area contributed by atoms with Gasteiger partial charge in [0.1, 0.15) is 0 Å². The maximum atomic E-state index is 12.9. The van der Waals surface area contributed by atoms with E-state index in [4.69, 9.17) is 4.74 Å². The number of piperazine rings is 1. The fourth-order valence-electron chi connectivity index (χ4n) is 6.62. The molecular weight excluding hydrogens is 582 g/mol. The molecule has 236 valence electrons. The average molecular weight is 626 g/mol. The fraction of sp³-hybridized carbons (Fsp3) is 0.378. The number of piperidine rings is 1. The van der Waals surface area contributed by atoms with E-state index < -0.39 is 5.54 Å². The highest BCUT2D eigenvalue weighted by atomic mass is 32.2. The van der Waals surface area contributed by atoms with E-state index >= 15 is 0 Å². The summed E-state index contributed by atoms with van der Waals surface area (Å²) in [6, 6.07) is 32.1. The molecule has 0 bridgehead atoms. The monoisotopic (exact) mass is 625 g/mol. The zero-order valence-electron chi connectivity index (χ0n) is 26.3. The van der Waals surface area contributed by atoms with Crippen molar-refractivity contribution in [3.05, 3.63) is 119 Å². The van der Waals surface area contributed by atoms with Gasteiger partial charge in [-0.25, -0.2) is 0 Å². The number of benzene rings is 3. The van der Waals surface area contributed by atoms with Gasteiger partial charge in [0.2, 0.25) is 5.91 Å². The molecule has 2 fully saturated rings. The molecule has 0 radical (unpaired) electrons. The van der Waals surface area contributed by atoms with Gasteiger partial charge < -0.3 is 9.64 Å². The van der Waals surface area contributed by atoms with Gasteiger partial charge in [-0.15, -0.1) is 0 Å². The van der Waals surface area contributed by atoms with Crippen LogP contribution in [0.25, 0.3) is 0 Å². The Bertz CT molecular complexity index is 1370. The molecule has 2 heterocycles. The lowest BCUT2D eigenvalue weighted by molar-refractivity contribution is -0.144. The number of hydrogen-bond acceptors (Lipinski definition) is 7. The SMILES string of the molecule is CCOC(=O)CCN1CCN(CC=C2CN(C(c3ccccc3)(c3ccccc3)c3ccccc3)CCC2SC(C)=O)CC1=O. The van der Waals surface area contributed by atoms with Gasteiger partial charge in [-0.05, 0) is 35.6 Å². The molecule has 2 saturated heterocycles. The largest absolute Gasteiger partial charge is 0.466 e. The second-order valence-electron chi connectivity index (χ2n) is 11.6. The number of thioether (sulfide) groups is 1. The molecule has 2 aliphatic heterocycles. The molecule has 3 aromatic rings. The topological polar surface area (TPSA) is 70.2 Å². The van der Waals surface area contributed by atoms with Crippen molar-refractivity contribution in [2.75, 3.05) is 52.4 Å². The number of amides is 1. The first kappa shape index (κ1) is 32.7. The van der Waals surface area contributed by atoms with Crippen molar-refractivity contribution in [2.24, 2.45) is 0 Å². The third kappa shape index (κ3) is 7.75. The van der Waals surface area contributed by atoms with Gasteiger partial charge in [0.05, 0.1) is 25.1 Å². The third-order valence-corrected chi connectivity index (χ3v) is 9.86. The predicted octanol–water partition coefficient (Wildman–Crippen LogP) is 5.36. The summed E-state index contributed by atoms with van der Waals surface area (Å²) in [5.41, 5.74) is 4.28. The minimum Gasteiger partial charge on any atom is -0.466 e. The van der Waals surface area contributed by atoms with Gasteiger partial charge in [-0.2, -0.15) is 0 Å². The van der Waals surface area contributed by atoms with Crippen molar-refractivity contribution in [3.8, 4) is 0 Å². The predicted molar refractivity (Wildman–Crippen MR) is 180 cm³/mol. The first-order valence-electron chi connectivity index (χ1n) is 15.8. The molecule has 0 aliphatic carbocycles. The van der Waals surface area contributed by atoms with Gasteiger partial charge in [0, 0.05) is 51.4 Å². The van der Waals surface area contributed by atoms with Crippen molar-refractivity contribution in [3.63, 3.8) is 0 Å². The number of likely N-dealkylation sites (tertiary alicyclic amines) is 1. The van der Waals surface area contributed by atoms with Crippen LogP contribution in [0.3, 0.4) is 0 Å². The maximum absolute atomic E-state index is 12.9. The number of nitrogens with zero attached hydrogens (tertiary/aromatic N) is 3. The van der Waals surface area contributed by atoms with Crippen LogP contribution < -0.4 is 0 Å². The van der Waals surface area contributed by atoms with Gasteiger partial charge in [-0.1, -0.05) is 109 Å². The van der Waals surface area contributed by atoms with Crippen molar-refractivity contribution < 1.29 is 19.1 Å². The molecule has 2 aliphatic rings. The van der Waals surface area contributed by atoms with E-state index in [2.05, 4.69) is 107 Å². The molecule has 1 unspecified atom stereocenters. The molecule has 1 amide bonds. The zero-order chi connectivity index (χ0) is 31.6. The van der Waals surface area contributed by atoms with Crippen LogP contribution >= 0.6 is 11.8 Å². The summed E-state index contributed by atoms with van der Waals surface area (Å²) in [5, 5.41) is 0.200. The van der Waals surface area contributed by atoms with E-state index in [0.717, 1.165) is 19.5 Å². The normalized spacial score (nSPS) is 19.1. The second kappa shape index (κ2) is 15.5. The summed E-state index contributed by atoms with van der Waals surface area (Å²) in [5.74, 6) is -0.244. The first-order chi connectivity index (χ1) is 21.9. The van der Waals surface area contributed by atoms with Crippen LogP contribution in [0.4, 0.5) is 0 Å². The van der Waals surface area contributed by atoms with Gasteiger partial charge in [0.15, 0.2) is 5.12 Å². The Labute approximate surface area is 271 Å². The van der Waals surface area contributed by atoms with E-state index in [9.17, 15) is 14.4 Å². The van der Waals surface area contributed by atoms with E-state index in [1.54, 1.807) is 18.7 Å². The number of ether oxygens (including phenoxy) is 1. The van der Waals surface area contributed by atoms with Gasteiger partial charge in [-0.3, -0.25) is 24.2 Å². The van der Waals surface area contributed by atoms with Crippen LogP contribution in [0, 0.1) is 0 Å². The highest BCUT2D eigenvalue weighted by molar-refractivity contribution is 8.14. The summed E-state index contributed by atoms with van der Waals surface area (Å²) in [7, 11) is 0. The molecule has 1 atom stereocenters. The van der Waals surface area contributed by atoms with Crippen LogP contribution in [0.1, 0.15) is 43.4 Å². The molecule has 0 aromatic heterocycles. The van der Waals surface area contributed by atoms with Crippen LogP contribution in [0.2, 0.25) is 0 Å². The van der Waals surface area contributed by atoms with Crippen molar-refractivity contribution in [2.45, 2.75) is 37.5 Å². The minimum atomic E-state index is -0.532. The Morgan fingerprint density at radius 3 is 1.96 bits per heavy atom. The summed E-state index contributed by atoms with van der Waals surface area (Å²) in [4.78, 5) is 43.6. The number of esters is 1. The summed E-state index contributed by atoms with van der Waals surface area (Å²) in [6.07, 6.45) is 3.31.